The van der Waals surface area contributed by atoms with Crippen LogP contribution in [0.15, 0.2) is 16.5 Å². The third-order valence-corrected chi connectivity index (χ3v) is 2.04. The van der Waals surface area contributed by atoms with Crippen molar-refractivity contribution in [2.45, 2.75) is 26.4 Å². The smallest absolute Gasteiger partial charge is 0.134 e. The monoisotopic (exact) mass is 179 g/mol. The fourth-order valence-corrected chi connectivity index (χ4v) is 1.20. The molecule has 0 saturated heterocycles. The second-order valence-electron chi connectivity index (χ2n) is 3.04. The minimum absolute atomic E-state index is 0.384. The van der Waals surface area contributed by atoms with Gasteiger partial charge in [0.25, 0.3) is 0 Å². The summed E-state index contributed by atoms with van der Waals surface area (Å²) in [6.45, 7) is 3.68. The number of nitrogens with zero attached hydrogens (tertiary/aromatic N) is 1. The van der Waals surface area contributed by atoms with Gasteiger partial charge in [-0.2, -0.15) is 5.26 Å². The highest BCUT2D eigenvalue weighted by Crippen LogP contribution is 2.25. The quantitative estimate of drug-likeness (QED) is 0.773. The van der Waals surface area contributed by atoms with Crippen LogP contribution in [0.4, 0.5) is 0 Å². The Morgan fingerprint density at radius 3 is 2.69 bits per heavy atom. The predicted octanol–water partition coefficient (Wildman–Crippen LogP) is 2.17. The lowest BCUT2D eigenvalue weighted by Crippen LogP contribution is -2.08. The standard InChI is InChI=1S/C10H13NO2/c1-3-8(6-11)10(12)9-5-4-7(2)13-9/h4-5,8,10,12H,3H2,1-2H3. The first-order valence-corrected chi connectivity index (χ1v) is 4.33. The Morgan fingerprint density at radius 2 is 2.31 bits per heavy atom. The van der Waals surface area contributed by atoms with E-state index in [1.54, 1.807) is 12.1 Å². The van der Waals surface area contributed by atoms with Gasteiger partial charge in [0, 0.05) is 0 Å². The van der Waals surface area contributed by atoms with Gasteiger partial charge in [-0.1, -0.05) is 6.92 Å². The maximum absolute atomic E-state index is 9.68. The van der Waals surface area contributed by atoms with E-state index in [0.717, 1.165) is 5.76 Å². The number of rotatable bonds is 3. The van der Waals surface area contributed by atoms with E-state index in [0.29, 0.717) is 12.2 Å². The molecular weight excluding hydrogens is 166 g/mol. The van der Waals surface area contributed by atoms with Crippen LogP contribution in [-0.2, 0) is 0 Å². The molecule has 0 amide bonds. The molecule has 0 saturated carbocycles. The van der Waals surface area contributed by atoms with Crippen molar-refractivity contribution < 1.29 is 9.52 Å². The molecule has 1 aromatic rings. The minimum Gasteiger partial charge on any atom is -0.464 e. The van der Waals surface area contributed by atoms with Gasteiger partial charge in [0.05, 0.1) is 12.0 Å². The average Bonchev–Trinajstić information content (AvgIpc) is 2.54. The molecule has 0 bridgehead atoms. The molecule has 0 aliphatic carbocycles. The molecule has 0 spiro atoms. The lowest BCUT2D eigenvalue weighted by molar-refractivity contribution is 0.107. The Balaban J connectivity index is 2.78. The number of nitriles is 1. The lowest BCUT2D eigenvalue weighted by Gasteiger charge is -2.11. The van der Waals surface area contributed by atoms with Gasteiger partial charge in [0.1, 0.15) is 17.6 Å². The molecule has 3 heteroatoms. The van der Waals surface area contributed by atoms with Gasteiger partial charge in [0.15, 0.2) is 0 Å². The first-order valence-electron chi connectivity index (χ1n) is 4.33. The van der Waals surface area contributed by atoms with Crippen LogP contribution in [0.5, 0.6) is 0 Å². The molecule has 70 valence electrons. The Bertz CT molecular complexity index is 311. The lowest BCUT2D eigenvalue weighted by atomic mass is 10.00. The van der Waals surface area contributed by atoms with Crippen molar-refractivity contribution >= 4 is 0 Å². The first kappa shape index (κ1) is 9.82. The van der Waals surface area contributed by atoms with Crippen molar-refractivity contribution in [3.05, 3.63) is 23.7 Å². The zero-order valence-electron chi connectivity index (χ0n) is 7.82. The molecule has 0 radical (unpaired) electrons. The zero-order valence-corrected chi connectivity index (χ0v) is 7.82. The summed E-state index contributed by atoms with van der Waals surface area (Å²) in [5, 5.41) is 18.4. The molecule has 0 aromatic carbocycles. The Kier molecular flexibility index (Phi) is 3.10. The van der Waals surface area contributed by atoms with Gasteiger partial charge in [-0.3, -0.25) is 0 Å². The van der Waals surface area contributed by atoms with Gasteiger partial charge >= 0.3 is 0 Å². The largest absolute Gasteiger partial charge is 0.464 e. The van der Waals surface area contributed by atoms with Crippen LogP contribution in [0.25, 0.3) is 0 Å². The van der Waals surface area contributed by atoms with Crippen molar-refractivity contribution in [1.82, 2.24) is 0 Å². The molecule has 1 N–H and O–H groups in total. The molecule has 0 aliphatic rings. The van der Waals surface area contributed by atoms with Gasteiger partial charge in [-0.25, -0.2) is 0 Å². The van der Waals surface area contributed by atoms with E-state index in [1.165, 1.54) is 0 Å². The highest BCUT2D eigenvalue weighted by Gasteiger charge is 2.21. The highest BCUT2D eigenvalue weighted by atomic mass is 16.4. The Labute approximate surface area is 77.6 Å². The van der Waals surface area contributed by atoms with Crippen LogP contribution >= 0.6 is 0 Å². The van der Waals surface area contributed by atoms with Crippen molar-refractivity contribution in [3.8, 4) is 6.07 Å². The number of aryl methyl sites for hydroxylation is 1. The van der Waals surface area contributed by atoms with E-state index in [1.807, 2.05) is 19.9 Å². The predicted molar refractivity (Wildman–Crippen MR) is 47.8 cm³/mol. The molecule has 1 heterocycles. The molecule has 2 atom stereocenters. The first-order chi connectivity index (χ1) is 6.19. The van der Waals surface area contributed by atoms with Crippen LogP contribution < -0.4 is 0 Å². The van der Waals surface area contributed by atoms with E-state index in [9.17, 15) is 5.11 Å². The van der Waals surface area contributed by atoms with Gasteiger partial charge in [-0.05, 0) is 25.5 Å². The third-order valence-electron chi connectivity index (χ3n) is 2.04. The van der Waals surface area contributed by atoms with Gasteiger partial charge in [-0.15, -0.1) is 0 Å². The number of furan rings is 1. The van der Waals surface area contributed by atoms with Crippen molar-refractivity contribution in [1.29, 1.82) is 5.26 Å². The van der Waals surface area contributed by atoms with Crippen LogP contribution in [0.3, 0.4) is 0 Å². The number of aliphatic hydroxyl groups is 1. The van der Waals surface area contributed by atoms with Crippen LogP contribution in [-0.4, -0.2) is 5.11 Å². The molecule has 3 nitrogen and oxygen atoms in total. The summed E-state index contributed by atoms with van der Waals surface area (Å²) in [5.74, 6) is 0.846. The Morgan fingerprint density at radius 1 is 1.62 bits per heavy atom. The van der Waals surface area contributed by atoms with Crippen LogP contribution in [0.2, 0.25) is 0 Å². The normalized spacial score (nSPS) is 14.9. The second-order valence-corrected chi connectivity index (χ2v) is 3.04. The number of aliphatic hydroxyl groups excluding tert-OH is 1. The van der Waals surface area contributed by atoms with E-state index < -0.39 is 6.10 Å². The number of hydrogen-bond donors (Lipinski definition) is 1. The van der Waals surface area contributed by atoms with Crippen molar-refractivity contribution in [3.63, 3.8) is 0 Å². The van der Waals surface area contributed by atoms with Crippen LogP contribution in [0.1, 0.15) is 31.0 Å². The van der Waals surface area contributed by atoms with Gasteiger partial charge < -0.3 is 9.52 Å². The van der Waals surface area contributed by atoms with E-state index >= 15 is 0 Å². The summed E-state index contributed by atoms with van der Waals surface area (Å²) in [7, 11) is 0. The molecule has 1 rings (SSSR count). The average molecular weight is 179 g/mol. The number of hydrogen-bond acceptors (Lipinski definition) is 3. The molecule has 0 fully saturated rings. The zero-order chi connectivity index (χ0) is 9.84. The second kappa shape index (κ2) is 4.11. The van der Waals surface area contributed by atoms with E-state index in [4.69, 9.17) is 9.68 Å². The molecule has 2 unspecified atom stereocenters. The third kappa shape index (κ3) is 2.10. The fraction of sp³-hybridized carbons (Fsp3) is 0.500. The summed E-state index contributed by atoms with van der Waals surface area (Å²) in [6, 6.07) is 5.54. The molecule has 13 heavy (non-hydrogen) atoms. The summed E-state index contributed by atoms with van der Waals surface area (Å²) in [4.78, 5) is 0. The topological polar surface area (TPSA) is 57.2 Å². The van der Waals surface area contributed by atoms with E-state index in [-0.39, 0.29) is 5.92 Å². The molecule has 1 aromatic heterocycles. The highest BCUT2D eigenvalue weighted by molar-refractivity contribution is 5.10. The molecule has 0 aliphatic heterocycles. The maximum atomic E-state index is 9.68. The maximum Gasteiger partial charge on any atom is 0.134 e. The summed E-state index contributed by atoms with van der Waals surface area (Å²) in [5.41, 5.74) is 0. The van der Waals surface area contributed by atoms with Crippen molar-refractivity contribution in [2.75, 3.05) is 0 Å². The SMILES string of the molecule is CCC(C#N)C(O)c1ccc(C)o1. The summed E-state index contributed by atoms with van der Waals surface area (Å²) < 4.78 is 5.23. The van der Waals surface area contributed by atoms with Crippen LogP contribution in [0, 0.1) is 24.2 Å². The minimum atomic E-state index is -0.802. The van der Waals surface area contributed by atoms with E-state index in [2.05, 4.69) is 0 Å². The van der Waals surface area contributed by atoms with Gasteiger partial charge in [0.2, 0.25) is 0 Å². The van der Waals surface area contributed by atoms with Crippen molar-refractivity contribution in [2.24, 2.45) is 5.92 Å². The fourth-order valence-electron chi connectivity index (χ4n) is 1.20. The molecular formula is C10H13NO2. The Hall–Kier alpha value is -1.27. The summed E-state index contributed by atoms with van der Waals surface area (Å²) in [6.07, 6.45) is -0.180. The summed E-state index contributed by atoms with van der Waals surface area (Å²) >= 11 is 0.